The fourth-order valence-corrected chi connectivity index (χ4v) is 8.97. The SMILES string of the molecule is CC(C)(C)c1cc(C2(c3[c-]cccc3)c3ccccc3-c3ccccc32)nc(C2(n3ccc(-c4[c-]cccc4)n3)c3ccccc3-c3ccccc32)c1.[Pt+2]. The second-order valence-electron chi connectivity index (χ2n) is 15.2. The van der Waals surface area contributed by atoms with Gasteiger partial charge in [-0.3, -0.25) is 9.67 Å². The third-order valence-corrected chi connectivity index (χ3v) is 11.4. The van der Waals surface area contributed by atoms with Crippen molar-refractivity contribution in [2.45, 2.75) is 37.1 Å². The Morgan fingerprint density at radius 2 is 1.04 bits per heavy atom. The van der Waals surface area contributed by atoms with Gasteiger partial charge in [0.25, 0.3) is 0 Å². The molecule has 0 radical (unpaired) electrons. The van der Waals surface area contributed by atoms with Crippen LogP contribution in [0.25, 0.3) is 33.5 Å². The molecule has 4 heteroatoms. The van der Waals surface area contributed by atoms with Crippen LogP contribution in [0.5, 0.6) is 0 Å². The summed E-state index contributed by atoms with van der Waals surface area (Å²) in [7, 11) is 0. The molecule has 0 saturated carbocycles. The van der Waals surface area contributed by atoms with Gasteiger partial charge in [-0.2, -0.15) is 30.3 Å². The Morgan fingerprint density at radius 1 is 0.537 bits per heavy atom. The van der Waals surface area contributed by atoms with Gasteiger partial charge in [-0.15, -0.1) is 41.5 Å². The summed E-state index contributed by atoms with van der Waals surface area (Å²) in [5, 5.41) is 5.41. The van der Waals surface area contributed by atoms with Crippen LogP contribution in [0, 0.1) is 12.1 Å². The molecule has 54 heavy (non-hydrogen) atoms. The number of hydrogen-bond acceptors (Lipinski definition) is 2. The smallest absolute Gasteiger partial charge is 0.261 e. The van der Waals surface area contributed by atoms with E-state index in [0.29, 0.717) is 0 Å². The third-order valence-electron chi connectivity index (χ3n) is 11.4. The standard InChI is InChI=1S/C50H37N3.Pt/c1-48(2,3)36-32-46(49(35-20-8-5-9-21-35)41-26-14-10-22-37(41)38-23-11-15-27-42(38)49)51-47(33-36)50(53-31-30-45(52-53)34-18-6-4-7-19-34)43-28-16-12-24-39(43)40-25-13-17-29-44(40)50;/h4-18,20,22-33H,1-3H3;/q-2;+2. The monoisotopic (exact) mass is 874 g/mol. The molecule has 2 aliphatic carbocycles. The van der Waals surface area contributed by atoms with Crippen LogP contribution in [0.3, 0.4) is 0 Å². The Balaban J connectivity index is 0.00000384. The molecule has 2 aromatic heterocycles. The molecular formula is C50H37N3Pt. The Kier molecular flexibility index (Phi) is 8.07. The van der Waals surface area contributed by atoms with Crippen molar-refractivity contribution in [2.75, 3.05) is 0 Å². The third kappa shape index (κ3) is 4.78. The zero-order chi connectivity index (χ0) is 35.8. The average Bonchev–Trinajstić information content (AvgIpc) is 3.90. The van der Waals surface area contributed by atoms with Gasteiger partial charge >= 0.3 is 21.1 Å². The van der Waals surface area contributed by atoms with Crippen molar-refractivity contribution in [1.82, 2.24) is 14.8 Å². The van der Waals surface area contributed by atoms with E-state index in [4.69, 9.17) is 10.1 Å². The summed E-state index contributed by atoms with van der Waals surface area (Å²) in [5.41, 5.74) is 13.8. The first-order chi connectivity index (χ1) is 25.9. The second kappa shape index (κ2) is 12.8. The van der Waals surface area contributed by atoms with Gasteiger partial charge in [0.2, 0.25) is 0 Å². The zero-order valence-electron chi connectivity index (χ0n) is 30.3. The topological polar surface area (TPSA) is 30.7 Å². The molecule has 0 saturated heterocycles. The van der Waals surface area contributed by atoms with Crippen LogP contribution in [0.4, 0.5) is 0 Å². The van der Waals surface area contributed by atoms with Crippen LogP contribution in [0.2, 0.25) is 0 Å². The van der Waals surface area contributed by atoms with Crippen molar-refractivity contribution < 1.29 is 21.1 Å². The van der Waals surface area contributed by atoms with E-state index in [1.54, 1.807) is 0 Å². The van der Waals surface area contributed by atoms with Gasteiger partial charge in [-0.25, -0.2) is 5.10 Å². The predicted octanol–water partition coefficient (Wildman–Crippen LogP) is 11.0. The summed E-state index contributed by atoms with van der Waals surface area (Å²) in [6, 6.07) is 65.7. The quantitative estimate of drug-likeness (QED) is 0.161. The second-order valence-corrected chi connectivity index (χ2v) is 15.2. The number of aromatic nitrogens is 3. The number of hydrogen-bond donors (Lipinski definition) is 0. The minimum Gasteiger partial charge on any atom is -0.261 e. The van der Waals surface area contributed by atoms with Crippen molar-refractivity contribution in [3.05, 3.63) is 227 Å². The maximum Gasteiger partial charge on any atom is 2.00 e. The molecule has 0 fully saturated rings. The van der Waals surface area contributed by atoms with E-state index in [-0.39, 0.29) is 26.5 Å². The minimum absolute atomic E-state index is 0. The summed E-state index contributed by atoms with van der Waals surface area (Å²) in [6.07, 6.45) is 2.13. The molecule has 2 heterocycles. The predicted molar refractivity (Wildman–Crippen MR) is 213 cm³/mol. The minimum atomic E-state index is -0.866. The van der Waals surface area contributed by atoms with Gasteiger partial charge in [-0.05, 0) is 67.6 Å². The normalized spacial score (nSPS) is 14.4. The van der Waals surface area contributed by atoms with Crippen molar-refractivity contribution in [3.8, 4) is 33.5 Å². The van der Waals surface area contributed by atoms with Crippen molar-refractivity contribution in [2.24, 2.45) is 0 Å². The van der Waals surface area contributed by atoms with E-state index in [1.165, 1.54) is 38.9 Å². The Labute approximate surface area is 331 Å². The average molecular weight is 875 g/mol. The van der Waals surface area contributed by atoms with Crippen LogP contribution in [-0.4, -0.2) is 14.8 Å². The van der Waals surface area contributed by atoms with E-state index in [0.717, 1.165) is 39.3 Å². The molecule has 0 bridgehead atoms. The van der Waals surface area contributed by atoms with Crippen LogP contribution in [0.1, 0.15) is 65.5 Å². The molecule has 3 nitrogen and oxygen atoms in total. The molecule has 0 unspecified atom stereocenters. The van der Waals surface area contributed by atoms with Gasteiger partial charge in [-0.1, -0.05) is 124 Å². The fraction of sp³-hybridized carbons (Fsp3) is 0.120. The molecule has 0 N–H and O–H groups in total. The molecule has 10 rings (SSSR count). The summed E-state index contributed by atoms with van der Waals surface area (Å²) < 4.78 is 2.16. The van der Waals surface area contributed by atoms with Gasteiger partial charge < -0.3 is 0 Å². The summed E-state index contributed by atoms with van der Waals surface area (Å²) >= 11 is 0. The van der Waals surface area contributed by atoms with E-state index in [9.17, 15) is 0 Å². The van der Waals surface area contributed by atoms with Crippen molar-refractivity contribution >= 4 is 0 Å². The summed E-state index contributed by atoms with van der Waals surface area (Å²) in [5.74, 6) is 0. The molecule has 262 valence electrons. The molecule has 8 aromatic rings. The fourth-order valence-electron chi connectivity index (χ4n) is 8.97. The van der Waals surface area contributed by atoms with Gasteiger partial charge in [0.15, 0.2) is 5.54 Å². The van der Waals surface area contributed by atoms with E-state index in [1.807, 2.05) is 24.3 Å². The molecule has 2 aliphatic rings. The number of pyridine rings is 1. The first kappa shape index (κ1) is 34.2. The summed E-state index contributed by atoms with van der Waals surface area (Å²) in [4.78, 5) is 6.00. The van der Waals surface area contributed by atoms with Crippen molar-refractivity contribution in [1.29, 1.82) is 0 Å². The van der Waals surface area contributed by atoms with E-state index in [2.05, 4.69) is 183 Å². The number of benzene rings is 6. The van der Waals surface area contributed by atoms with Gasteiger partial charge in [0, 0.05) is 11.9 Å². The van der Waals surface area contributed by atoms with Crippen LogP contribution in [0.15, 0.2) is 170 Å². The van der Waals surface area contributed by atoms with E-state index >= 15 is 0 Å². The molecule has 0 amide bonds. The Bertz CT molecular complexity index is 2580. The molecular weight excluding hydrogens is 838 g/mol. The molecule has 0 atom stereocenters. The number of fused-ring (bicyclic) bond motifs is 6. The van der Waals surface area contributed by atoms with Gasteiger partial charge in [0.05, 0.1) is 16.8 Å². The molecule has 6 aromatic carbocycles. The van der Waals surface area contributed by atoms with Crippen LogP contribution in [-0.2, 0) is 37.4 Å². The Hall–Kier alpha value is -5.63. The number of rotatable bonds is 5. The maximum absolute atomic E-state index is 6.00. The first-order valence-corrected chi connectivity index (χ1v) is 18.3. The molecule has 0 aliphatic heterocycles. The zero-order valence-corrected chi connectivity index (χ0v) is 32.6. The van der Waals surface area contributed by atoms with Crippen LogP contribution < -0.4 is 0 Å². The largest absolute Gasteiger partial charge is 2.00 e. The van der Waals surface area contributed by atoms with Crippen molar-refractivity contribution in [3.63, 3.8) is 0 Å². The maximum atomic E-state index is 6.00. The van der Waals surface area contributed by atoms with Crippen LogP contribution >= 0.6 is 0 Å². The summed E-state index contributed by atoms with van der Waals surface area (Å²) in [6.45, 7) is 6.90. The first-order valence-electron chi connectivity index (χ1n) is 18.3. The van der Waals surface area contributed by atoms with E-state index < -0.39 is 11.0 Å². The number of nitrogens with zero attached hydrogens (tertiary/aromatic N) is 3. The Morgan fingerprint density at radius 3 is 1.57 bits per heavy atom. The van der Waals surface area contributed by atoms with Gasteiger partial charge in [0.1, 0.15) is 0 Å². The molecule has 0 spiro atoms.